The van der Waals surface area contributed by atoms with Crippen LogP contribution in [-0.4, -0.2) is 46.5 Å². The molecule has 0 aromatic carbocycles. The first-order valence-corrected chi connectivity index (χ1v) is 11.3. The summed E-state index contributed by atoms with van der Waals surface area (Å²) in [6.07, 6.45) is 9.91. The normalized spacial score (nSPS) is 28.0. The van der Waals surface area contributed by atoms with Crippen LogP contribution in [0.1, 0.15) is 49.5 Å². The highest BCUT2D eigenvalue weighted by Gasteiger charge is 2.40. The SMILES string of the molecule is COCc1nc2n(n1)CC(NC(=NCCc1ccco1)NC1CC3CCC1C3)CC2. The molecule has 0 spiro atoms. The van der Waals surface area contributed by atoms with E-state index >= 15 is 0 Å². The molecule has 0 radical (unpaired) electrons. The molecule has 0 amide bonds. The molecule has 2 aliphatic carbocycles. The van der Waals surface area contributed by atoms with E-state index in [0.29, 0.717) is 25.2 Å². The van der Waals surface area contributed by atoms with Crippen molar-refractivity contribution in [3.8, 4) is 0 Å². The number of guanidine groups is 1. The largest absolute Gasteiger partial charge is 0.469 e. The number of furan rings is 1. The van der Waals surface area contributed by atoms with Crippen molar-refractivity contribution in [2.75, 3.05) is 13.7 Å². The van der Waals surface area contributed by atoms with Crippen molar-refractivity contribution < 1.29 is 9.15 Å². The summed E-state index contributed by atoms with van der Waals surface area (Å²) in [5.74, 6) is 5.44. The molecule has 5 rings (SSSR count). The fourth-order valence-corrected chi connectivity index (χ4v) is 5.32. The van der Waals surface area contributed by atoms with Crippen LogP contribution in [0.3, 0.4) is 0 Å². The highest BCUT2D eigenvalue weighted by molar-refractivity contribution is 5.80. The minimum atomic E-state index is 0.294. The molecule has 0 saturated heterocycles. The molecule has 2 fully saturated rings. The fraction of sp³-hybridized carbons (Fsp3) is 0.682. The minimum Gasteiger partial charge on any atom is -0.469 e. The molecule has 30 heavy (non-hydrogen) atoms. The second-order valence-electron chi connectivity index (χ2n) is 8.92. The quantitative estimate of drug-likeness (QED) is 0.536. The van der Waals surface area contributed by atoms with Gasteiger partial charge in [-0.3, -0.25) is 4.99 Å². The molecule has 4 unspecified atom stereocenters. The topological polar surface area (TPSA) is 89.5 Å². The van der Waals surface area contributed by atoms with Crippen LogP contribution in [0, 0.1) is 11.8 Å². The minimum absolute atomic E-state index is 0.294. The van der Waals surface area contributed by atoms with Crippen molar-refractivity contribution in [3.05, 3.63) is 35.8 Å². The number of aryl methyl sites for hydroxylation is 1. The van der Waals surface area contributed by atoms with E-state index in [4.69, 9.17) is 14.1 Å². The van der Waals surface area contributed by atoms with E-state index in [0.717, 1.165) is 61.0 Å². The lowest BCUT2D eigenvalue weighted by Gasteiger charge is -2.29. The number of methoxy groups -OCH3 is 1. The fourth-order valence-electron chi connectivity index (χ4n) is 5.32. The molecule has 2 aromatic heterocycles. The van der Waals surface area contributed by atoms with Gasteiger partial charge in [0.15, 0.2) is 11.8 Å². The van der Waals surface area contributed by atoms with Crippen LogP contribution >= 0.6 is 0 Å². The van der Waals surface area contributed by atoms with Crippen LogP contribution in [0.2, 0.25) is 0 Å². The Morgan fingerprint density at radius 3 is 3.03 bits per heavy atom. The van der Waals surface area contributed by atoms with Gasteiger partial charge in [0, 0.05) is 38.6 Å². The zero-order valence-corrected chi connectivity index (χ0v) is 17.7. The molecule has 2 aromatic rings. The lowest BCUT2D eigenvalue weighted by Crippen LogP contribution is -2.51. The van der Waals surface area contributed by atoms with E-state index in [1.54, 1.807) is 13.4 Å². The molecule has 3 heterocycles. The molecule has 3 aliphatic rings. The highest BCUT2D eigenvalue weighted by atomic mass is 16.5. The number of rotatable bonds is 7. The number of aliphatic imine (C=N–C) groups is 1. The van der Waals surface area contributed by atoms with E-state index in [-0.39, 0.29) is 0 Å². The van der Waals surface area contributed by atoms with Crippen LogP contribution in [0.25, 0.3) is 0 Å². The lowest BCUT2D eigenvalue weighted by atomic mass is 9.95. The van der Waals surface area contributed by atoms with Gasteiger partial charge in [-0.25, -0.2) is 9.67 Å². The zero-order valence-electron chi connectivity index (χ0n) is 17.7. The van der Waals surface area contributed by atoms with Gasteiger partial charge in [0.05, 0.1) is 12.8 Å². The Morgan fingerprint density at radius 1 is 1.30 bits per heavy atom. The van der Waals surface area contributed by atoms with Gasteiger partial charge in [-0.2, -0.15) is 5.10 Å². The Labute approximate surface area is 177 Å². The van der Waals surface area contributed by atoms with E-state index in [1.807, 2.05) is 16.8 Å². The average molecular weight is 413 g/mol. The van der Waals surface area contributed by atoms with Crippen LogP contribution in [0.5, 0.6) is 0 Å². The van der Waals surface area contributed by atoms with Gasteiger partial charge in [-0.05, 0) is 49.7 Å². The Kier molecular flexibility index (Phi) is 5.75. The van der Waals surface area contributed by atoms with Gasteiger partial charge >= 0.3 is 0 Å². The third kappa shape index (κ3) is 4.38. The molecule has 8 heteroatoms. The number of ether oxygens (including phenoxy) is 1. The maximum Gasteiger partial charge on any atom is 0.191 e. The summed E-state index contributed by atoms with van der Waals surface area (Å²) >= 11 is 0. The maximum atomic E-state index is 5.46. The first-order valence-electron chi connectivity index (χ1n) is 11.3. The van der Waals surface area contributed by atoms with E-state index in [9.17, 15) is 0 Å². The van der Waals surface area contributed by atoms with Gasteiger partial charge in [0.2, 0.25) is 0 Å². The standard InChI is InChI=1S/C22H32N6O2/c1-29-14-20-26-21-7-6-17(13-28(21)27-20)24-22(23-9-8-18-3-2-10-30-18)25-19-12-15-4-5-16(19)11-15/h2-3,10,15-17,19H,4-9,11-14H2,1H3,(H2,23,24,25). The van der Waals surface area contributed by atoms with Crippen molar-refractivity contribution in [2.45, 2.75) is 70.2 Å². The van der Waals surface area contributed by atoms with Crippen molar-refractivity contribution in [3.63, 3.8) is 0 Å². The molecule has 2 bridgehead atoms. The first kappa shape index (κ1) is 19.6. The molecular formula is C22H32N6O2. The van der Waals surface area contributed by atoms with Gasteiger partial charge in [-0.1, -0.05) is 6.42 Å². The lowest BCUT2D eigenvalue weighted by molar-refractivity contribution is 0.177. The van der Waals surface area contributed by atoms with Crippen molar-refractivity contribution in [2.24, 2.45) is 16.8 Å². The first-order chi connectivity index (χ1) is 14.8. The second-order valence-corrected chi connectivity index (χ2v) is 8.92. The van der Waals surface area contributed by atoms with Crippen molar-refractivity contribution >= 4 is 5.96 Å². The smallest absolute Gasteiger partial charge is 0.191 e. The van der Waals surface area contributed by atoms with Crippen LogP contribution in [0.15, 0.2) is 27.8 Å². The monoisotopic (exact) mass is 412 g/mol. The van der Waals surface area contributed by atoms with Crippen molar-refractivity contribution in [1.29, 1.82) is 0 Å². The second kappa shape index (κ2) is 8.79. The molecule has 162 valence electrons. The Bertz CT molecular complexity index is 861. The summed E-state index contributed by atoms with van der Waals surface area (Å²) in [6, 6.07) is 4.79. The summed E-state index contributed by atoms with van der Waals surface area (Å²) in [5, 5.41) is 12.1. The summed E-state index contributed by atoms with van der Waals surface area (Å²) in [4.78, 5) is 9.48. The van der Waals surface area contributed by atoms with Gasteiger partial charge in [0.25, 0.3) is 0 Å². The van der Waals surface area contributed by atoms with Gasteiger partial charge < -0.3 is 19.8 Å². The number of fused-ring (bicyclic) bond motifs is 3. The van der Waals surface area contributed by atoms with E-state index in [2.05, 4.69) is 20.7 Å². The van der Waals surface area contributed by atoms with Crippen LogP contribution < -0.4 is 10.6 Å². The highest BCUT2D eigenvalue weighted by Crippen LogP contribution is 2.44. The number of hydrogen-bond acceptors (Lipinski definition) is 5. The summed E-state index contributed by atoms with van der Waals surface area (Å²) in [6.45, 7) is 1.98. The summed E-state index contributed by atoms with van der Waals surface area (Å²) in [7, 11) is 1.68. The number of nitrogens with one attached hydrogen (secondary N) is 2. The summed E-state index contributed by atoms with van der Waals surface area (Å²) in [5.41, 5.74) is 0. The number of aromatic nitrogens is 3. The Balaban J connectivity index is 1.23. The predicted molar refractivity (Wildman–Crippen MR) is 113 cm³/mol. The molecular weight excluding hydrogens is 380 g/mol. The predicted octanol–water partition coefficient (Wildman–Crippen LogP) is 2.30. The molecule has 2 N–H and O–H groups in total. The van der Waals surface area contributed by atoms with Crippen LogP contribution in [0.4, 0.5) is 0 Å². The Morgan fingerprint density at radius 2 is 2.27 bits per heavy atom. The zero-order chi connectivity index (χ0) is 20.3. The van der Waals surface area contributed by atoms with Crippen LogP contribution in [-0.2, 0) is 30.7 Å². The third-order valence-electron chi connectivity index (χ3n) is 6.78. The summed E-state index contributed by atoms with van der Waals surface area (Å²) < 4.78 is 12.7. The van der Waals surface area contributed by atoms with Crippen molar-refractivity contribution in [1.82, 2.24) is 25.4 Å². The van der Waals surface area contributed by atoms with E-state index in [1.165, 1.54) is 25.7 Å². The molecule has 2 saturated carbocycles. The number of nitrogens with zero attached hydrogens (tertiary/aromatic N) is 4. The average Bonchev–Trinajstić information content (AvgIpc) is 3.52. The number of hydrogen-bond donors (Lipinski definition) is 2. The van der Waals surface area contributed by atoms with Gasteiger partial charge in [0.1, 0.15) is 18.2 Å². The van der Waals surface area contributed by atoms with Gasteiger partial charge in [-0.15, -0.1) is 0 Å². The Hall–Kier alpha value is -2.35. The molecule has 8 nitrogen and oxygen atoms in total. The molecule has 1 aliphatic heterocycles. The maximum absolute atomic E-state index is 5.46. The third-order valence-corrected chi connectivity index (χ3v) is 6.78. The van der Waals surface area contributed by atoms with E-state index < -0.39 is 0 Å². The molecule has 4 atom stereocenters.